The number of quaternary nitrogens is 2. The molecule has 0 radical (unpaired) electrons. The van der Waals surface area contributed by atoms with E-state index < -0.39 is 11.9 Å². The summed E-state index contributed by atoms with van der Waals surface area (Å²) in [6, 6.07) is 0. The largest absolute Gasteiger partial charge is 0.550 e. The van der Waals surface area contributed by atoms with Crippen LogP contribution in [-0.2, 0) is 9.59 Å². The monoisotopic (exact) mass is 318 g/mol. The van der Waals surface area contributed by atoms with Crippen molar-refractivity contribution in [2.24, 2.45) is 0 Å². The molecule has 6 N–H and O–H groups in total. The molecule has 0 saturated carbocycles. The summed E-state index contributed by atoms with van der Waals surface area (Å²) in [5, 5.41) is 19.5. The number of carbonyl (C=O) groups is 2. The fraction of sp³-hybridized carbons (Fsp3) is 0.875. The van der Waals surface area contributed by atoms with Gasteiger partial charge >= 0.3 is 0 Å². The van der Waals surface area contributed by atoms with E-state index in [0.29, 0.717) is 12.8 Å². The Morgan fingerprint density at radius 2 is 0.818 bits per heavy atom. The van der Waals surface area contributed by atoms with E-state index in [1.807, 2.05) is 0 Å². The van der Waals surface area contributed by atoms with Crippen molar-refractivity contribution in [3.05, 3.63) is 0 Å². The molecule has 22 heavy (non-hydrogen) atoms. The Morgan fingerprint density at radius 1 is 0.545 bits per heavy atom. The summed E-state index contributed by atoms with van der Waals surface area (Å²) in [4.78, 5) is 19.5. The molecule has 0 heterocycles. The first kappa shape index (κ1) is 23.1. The Bertz CT molecular complexity index is 235. The zero-order chi connectivity index (χ0) is 17.1. The first-order valence-electron chi connectivity index (χ1n) is 8.52. The van der Waals surface area contributed by atoms with E-state index >= 15 is 0 Å². The summed E-state index contributed by atoms with van der Waals surface area (Å²) in [6.45, 7) is 2.23. The van der Waals surface area contributed by atoms with E-state index in [4.69, 9.17) is 0 Å². The maximum atomic E-state index is 9.77. The van der Waals surface area contributed by atoms with Crippen LogP contribution in [0.3, 0.4) is 0 Å². The number of rotatable bonds is 14. The van der Waals surface area contributed by atoms with Gasteiger partial charge in [-0.25, -0.2) is 0 Å². The predicted octanol–water partition coefficient (Wildman–Crippen LogP) is -1.36. The molecule has 0 saturated heterocycles. The van der Waals surface area contributed by atoms with Crippen molar-refractivity contribution >= 4 is 11.9 Å². The van der Waals surface area contributed by atoms with Gasteiger partial charge in [-0.2, -0.15) is 0 Å². The lowest BCUT2D eigenvalue weighted by molar-refractivity contribution is -0.369. The van der Waals surface area contributed by atoms with Crippen LogP contribution in [-0.4, -0.2) is 25.0 Å². The normalized spacial score (nSPS) is 9.91. The number of carboxylic acid groups (broad SMARTS) is 2. The molecule has 0 rings (SSSR count). The quantitative estimate of drug-likeness (QED) is 0.382. The third-order valence-electron chi connectivity index (χ3n) is 3.26. The number of hydrogen-bond acceptors (Lipinski definition) is 4. The zero-order valence-corrected chi connectivity index (χ0v) is 13.9. The van der Waals surface area contributed by atoms with Gasteiger partial charge in [0.25, 0.3) is 0 Å². The molecule has 0 fully saturated rings. The average molecular weight is 318 g/mol. The second-order valence-corrected chi connectivity index (χ2v) is 5.49. The highest BCUT2D eigenvalue weighted by Crippen LogP contribution is 2.07. The molecule has 0 aromatic heterocycles. The first-order chi connectivity index (χ1) is 10.5. The van der Waals surface area contributed by atoms with Crippen LogP contribution >= 0.6 is 0 Å². The van der Waals surface area contributed by atoms with Crippen molar-refractivity contribution in [3.63, 3.8) is 0 Å². The maximum absolute atomic E-state index is 9.77. The third-order valence-corrected chi connectivity index (χ3v) is 3.26. The van der Waals surface area contributed by atoms with Gasteiger partial charge in [0.2, 0.25) is 0 Å². The van der Waals surface area contributed by atoms with Crippen molar-refractivity contribution < 1.29 is 31.3 Å². The fourth-order valence-corrected chi connectivity index (χ4v) is 1.95. The van der Waals surface area contributed by atoms with Gasteiger partial charge in [-0.3, -0.25) is 0 Å². The van der Waals surface area contributed by atoms with Crippen molar-refractivity contribution in [1.82, 2.24) is 0 Å². The molecular formula is C16H34N2O4. The van der Waals surface area contributed by atoms with E-state index in [1.165, 1.54) is 51.4 Å². The van der Waals surface area contributed by atoms with E-state index in [-0.39, 0.29) is 12.8 Å². The van der Waals surface area contributed by atoms with E-state index in [2.05, 4.69) is 11.5 Å². The van der Waals surface area contributed by atoms with Crippen molar-refractivity contribution in [3.8, 4) is 0 Å². The Hall–Kier alpha value is -1.14. The Morgan fingerprint density at radius 3 is 1.05 bits per heavy atom. The SMILES string of the molecule is O=C([O-])CCCCC(=O)[O-].[NH3+]CCCCCCCCCC[NH3+]. The molecule has 6 nitrogen and oxygen atoms in total. The molecule has 0 bridgehead atoms. The number of aliphatic carboxylic acids is 2. The molecule has 0 amide bonds. The summed E-state index contributed by atoms with van der Waals surface area (Å²) >= 11 is 0. The predicted molar refractivity (Wildman–Crippen MR) is 80.9 cm³/mol. The van der Waals surface area contributed by atoms with Crippen molar-refractivity contribution in [2.75, 3.05) is 13.1 Å². The minimum atomic E-state index is -1.14. The molecule has 0 spiro atoms. The molecule has 0 unspecified atom stereocenters. The number of carboxylic acids is 2. The minimum absolute atomic E-state index is 0.0761. The summed E-state index contributed by atoms with van der Waals surface area (Å²) in [5.41, 5.74) is 7.67. The molecule has 0 aliphatic heterocycles. The zero-order valence-electron chi connectivity index (χ0n) is 13.9. The fourth-order valence-electron chi connectivity index (χ4n) is 1.95. The van der Waals surface area contributed by atoms with E-state index in [1.54, 1.807) is 0 Å². The van der Waals surface area contributed by atoms with Gasteiger partial charge < -0.3 is 31.3 Å². The van der Waals surface area contributed by atoms with Crippen LogP contribution in [0.4, 0.5) is 0 Å². The smallest absolute Gasteiger partial charge is 0.0739 e. The standard InChI is InChI=1S/C10H24N2.C6H10O4/c11-9-7-5-3-1-2-4-6-8-10-12;7-5(8)3-1-2-4-6(9)10/h1-12H2;1-4H2,(H,7,8)(H,9,10). The summed E-state index contributed by atoms with van der Waals surface area (Å²) in [6.07, 6.45) is 11.6. The van der Waals surface area contributed by atoms with E-state index in [9.17, 15) is 19.8 Å². The molecule has 0 aromatic rings. The molecule has 0 aliphatic carbocycles. The highest BCUT2D eigenvalue weighted by Gasteiger charge is 1.91. The second-order valence-electron chi connectivity index (χ2n) is 5.49. The Labute approximate surface area is 134 Å². The molecule has 0 atom stereocenters. The summed E-state index contributed by atoms with van der Waals surface area (Å²) < 4.78 is 0. The average Bonchev–Trinajstić information content (AvgIpc) is 2.47. The van der Waals surface area contributed by atoms with Crippen LogP contribution in [0.25, 0.3) is 0 Å². The van der Waals surface area contributed by atoms with Gasteiger partial charge in [0.05, 0.1) is 13.1 Å². The molecule has 0 aromatic carbocycles. The Balaban J connectivity index is 0. The van der Waals surface area contributed by atoms with Crippen molar-refractivity contribution in [1.29, 1.82) is 0 Å². The number of carbonyl (C=O) groups excluding carboxylic acids is 2. The second kappa shape index (κ2) is 19.9. The number of hydrogen-bond donors (Lipinski definition) is 2. The lowest BCUT2D eigenvalue weighted by atomic mass is 10.1. The van der Waals surface area contributed by atoms with E-state index in [0.717, 1.165) is 13.1 Å². The molecule has 6 heteroatoms. The van der Waals surface area contributed by atoms with Gasteiger partial charge in [0.15, 0.2) is 0 Å². The molecular weight excluding hydrogens is 284 g/mol. The van der Waals surface area contributed by atoms with Gasteiger partial charge in [-0.05, 0) is 51.4 Å². The third kappa shape index (κ3) is 27.2. The van der Waals surface area contributed by atoms with Crippen LogP contribution in [0.5, 0.6) is 0 Å². The van der Waals surface area contributed by atoms with Gasteiger partial charge in [0, 0.05) is 11.9 Å². The van der Waals surface area contributed by atoms with Gasteiger partial charge in [-0.15, -0.1) is 0 Å². The van der Waals surface area contributed by atoms with Crippen molar-refractivity contribution in [2.45, 2.75) is 77.0 Å². The van der Waals surface area contributed by atoms with Crippen LogP contribution in [0.15, 0.2) is 0 Å². The molecule has 132 valence electrons. The van der Waals surface area contributed by atoms with Gasteiger partial charge in [0.1, 0.15) is 0 Å². The topological polar surface area (TPSA) is 136 Å². The van der Waals surface area contributed by atoms with Gasteiger partial charge in [-0.1, -0.05) is 25.7 Å². The maximum Gasteiger partial charge on any atom is 0.0739 e. The van der Waals surface area contributed by atoms with Crippen LogP contribution in [0.1, 0.15) is 77.0 Å². The first-order valence-corrected chi connectivity index (χ1v) is 8.52. The Kier molecular flexibility index (Phi) is 20.9. The summed E-state index contributed by atoms with van der Waals surface area (Å²) in [5.74, 6) is -2.28. The highest BCUT2D eigenvalue weighted by molar-refractivity contribution is 5.65. The van der Waals surface area contributed by atoms with Crippen LogP contribution in [0.2, 0.25) is 0 Å². The number of unbranched alkanes of at least 4 members (excludes halogenated alkanes) is 8. The summed E-state index contributed by atoms with van der Waals surface area (Å²) in [7, 11) is 0. The van der Waals surface area contributed by atoms with Crippen LogP contribution in [0, 0.1) is 0 Å². The lowest BCUT2D eigenvalue weighted by Gasteiger charge is -2.01. The molecule has 0 aliphatic rings. The lowest BCUT2D eigenvalue weighted by Crippen LogP contribution is -2.50. The highest BCUT2D eigenvalue weighted by atomic mass is 16.4. The van der Waals surface area contributed by atoms with Crippen LogP contribution < -0.4 is 21.7 Å². The minimum Gasteiger partial charge on any atom is -0.550 e.